The predicted molar refractivity (Wildman–Crippen MR) is 127 cm³/mol. The third-order valence-corrected chi connectivity index (χ3v) is 6.03. The van der Waals surface area contributed by atoms with Crippen LogP contribution in [0.3, 0.4) is 0 Å². The Morgan fingerprint density at radius 2 is 2.13 bits per heavy atom. The summed E-state index contributed by atoms with van der Waals surface area (Å²) >= 11 is 6.56. The van der Waals surface area contributed by atoms with Crippen LogP contribution in [-0.2, 0) is 9.53 Å². The standard InChI is InChI=1S/C21H26N4O4S2/c1-3-29-11-5-9-24-20(28)16(31-21(24)30)12-15-18(22-8-4-10-26)23-17-7-6-14(2)13-25(17)19(15)27/h6-7,12-13,22,26H,3-5,8-11H2,1-2H3. The van der Waals surface area contributed by atoms with Gasteiger partial charge in [-0.1, -0.05) is 30.0 Å². The second-order valence-electron chi connectivity index (χ2n) is 7.00. The van der Waals surface area contributed by atoms with Gasteiger partial charge in [-0.15, -0.1) is 0 Å². The summed E-state index contributed by atoms with van der Waals surface area (Å²) < 4.78 is 7.27. The molecule has 0 atom stereocenters. The second kappa shape index (κ2) is 10.9. The number of aryl methyl sites for hydroxylation is 1. The Morgan fingerprint density at radius 3 is 2.87 bits per heavy atom. The van der Waals surface area contributed by atoms with E-state index in [0.29, 0.717) is 59.8 Å². The normalized spacial score (nSPS) is 15.5. The number of aromatic nitrogens is 2. The van der Waals surface area contributed by atoms with Crippen LogP contribution in [0, 0.1) is 6.92 Å². The summed E-state index contributed by atoms with van der Waals surface area (Å²) in [5.41, 5.74) is 1.43. The van der Waals surface area contributed by atoms with Gasteiger partial charge in [0.2, 0.25) is 0 Å². The Labute approximate surface area is 190 Å². The first kappa shape index (κ1) is 23.4. The van der Waals surface area contributed by atoms with E-state index in [0.717, 1.165) is 5.56 Å². The van der Waals surface area contributed by atoms with Crippen molar-refractivity contribution in [3.05, 3.63) is 44.7 Å². The molecule has 0 bridgehead atoms. The number of anilines is 1. The molecule has 0 aliphatic carbocycles. The Morgan fingerprint density at radius 1 is 1.32 bits per heavy atom. The highest BCUT2D eigenvalue weighted by Gasteiger charge is 2.32. The second-order valence-corrected chi connectivity index (χ2v) is 8.68. The molecule has 2 aromatic rings. The van der Waals surface area contributed by atoms with Gasteiger partial charge in [0, 0.05) is 39.1 Å². The van der Waals surface area contributed by atoms with E-state index in [-0.39, 0.29) is 23.6 Å². The molecule has 0 saturated carbocycles. The van der Waals surface area contributed by atoms with Crippen LogP contribution in [0.5, 0.6) is 0 Å². The van der Waals surface area contributed by atoms with Crippen molar-refractivity contribution < 1.29 is 14.6 Å². The van der Waals surface area contributed by atoms with Gasteiger partial charge in [0.25, 0.3) is 11.5 Å². The lowest BCUT2D eigenvalue weighted by Crippen LogP contribution is -2.29. The summed E-state index contributed by atoms with van der Waals surface area (Å²) in [5, 5.41) is 12.2. The molecule has 3 heterocycles. The van der Waals surface area contributed by atoms with Crippen LogP contribution in [0.2, 0.25) is 0 Å². The van der Waals surface area contributed by atoms with Gasteiger partial charge in [0.15, 0.2) is 0 Å². The lowest BCUT2D eigenvalue weighted by Gasteiger charge is -2.14. The van der Waals surface area contributed by atoms with E-state index in [4.69, 9.17) is 22.1 Å². The zero-order valence-corrected chi connectivity index (χ0v) is 19.2. The number of fused-ring (bicyclic) bond motifs is 1. The highest BCUT2D eigenvalue weighted by molar-refractivity contribution is 8.26. The maximum atomic E-state index is 13.2. The summed E-state index contributed by atoms with van der Waals surface area (Å²) in [4.78, 5) is 32.6. The number of carbonyl (C=O) groups excluding carboxylic acids is 1. The zero-order chi connectivity index (χ0) is 22.4. The fraction of sp³-hybridized carbons (Fsp3) is 0.429. The average molecular weight is 463 g/mol. The summed E-state index contributed by atoms with van der Waals surface area (Å²) in [6, 6.07) is 3.65. The van der Waals surface area contributed by atoms with Crippen LogP contribution >= 0.6 is 24.0 Å². The fourth-order valence-electron chi connectivity index (χ4n) is 3.10. The molecule has 1 aliphatic rings. The van der Waals surface area contributed by atoms with E-state index >= 15 is 0 Å². The molecular weight excluding hydrogens is 436 g/mol. The van der Waals surface area contributed by atoms with Gasteiger partial charge in [-0.2, -0.15) is 0 Å². The minimum absolute atomic E-state index is 0.0223. The molecule has 1 amide bonds. The maximum absolute atomic E-state index is 13.2. The monoisotopic (exact) mass is 462 g/mol. The highest BCUT2D eigenvalue weighted by Crippen LogP contribution is 2.33. The molecule has 0 radical (unpaired) electrons. The number of aliphatic hydroxyl groups excluding tert-OH is 1. The van der Waals surface area contributed by atoms with Gasteiger partial charge in [-0.05, 0) is 44.4 Å². The lowest BCUT2D eigenvalue weighted by atomic mass is 10.2. The van der Waals surface area contributed by atoms with E-state index < -0.39 is 0 Å². The molecule has 2 N–H and O–H groups in total. The molecule has 10 heteroatoms. The van der Waals surface area contributed by atoms with Crippen molar-refractivity contribution in [1.29, 1.82) is 0 Å². The SMILES string of the molecule is CCOCCCN1C(=O)C(=Cc2c(NCCCO)nc3ccc(C)cn3c2=O)SC1=S. The molecule has 31 heavy (non-hydrogen) atoms. The van der Waals surface area contributed by atoms with Crippen LogP contribution in [0.1, 0.15) is 30.9 Å². The Kier molecular flexibility index (Phi) is 8.19. The van der Waals surface area contributed by atoms with Gasteiger partial charge in [0.1, 0.15) is 15.8 Å². The molecule has 1 saturated heterocycles. The average Bonchev–Trinajstić information content (AvgIpc) is 3.01. The molecule has 1 fully saturated rings. The first-order valence-electron chi connectivity index (χ1n) is 10.2. The Hall–Kier alpha value is -2.27. The van der Waals surface area contributed by atoms with Crippen molar-refractivity contribution in [2.45, 2.75) is 26.7 Å². The number of hydrogen-bond acceptors (Lipinski definition) is 8. The number of nitrogens with zero attached hydrogens (tertiary/aromatic N) is 3. The van der Waals surface area contributed by atoms with Gasteiger partial charge in [-0.3, -0.25) is 18.9 Å². The zero-order valence-electron chi connectivity index (χ0n) is 17.6. The molecular formula is C21H26N4O4S2. The number of carbonyl (C=O) groups is 1. The van der Waals surface area contributed by atoms with Gasteiger partial charge in [0.05, 0.1) is 10.5 Å². The number of amides is 1. The van der Waals surface area contributed by atoms with Crippen molar-refractivity contribution in [1.82, 2.24) is 14.3 Å². The number of thioether (sulfide) groups is 1. The number of nitrogens with one attached hydrogen (secondary N) is 1. The topological polar surface area (TPSA) is 96.2 Å². The molecule has 0 unspecified atom stereocenters. The van der Waals surface area contributed by atoms with Crippen LogP contribution in [0.25, 0.3) is 11.7 Å². The van der Waals surface area contributed by atoms with E-state index in [2.05, 4.69) is 10.3 Å². The number of ether oxygens (including phenoxy) is 1. The number of rotatable bonds is 10. The minimum Gasteiger partial charge on any atom is -0.396 e. The molecule has 3 rings (SSSR count). The first-order valence-corrected chi connectivity index (χ1v) is 11.4. The summed E-state index contributed by atoms with van der Waals surface area (Å²) in [6.07, 6.45) is 4.48. The van der Waals surface area contributed by atoms with Crippen molar-refractivity contribution in [3.8, 4) is 0 Å². The van der Waals surface area contributed by atoms with E-state index in [1.165, 1.54) is 16.2 Å². The number of pyridine rings is 1. The Bertz CT molecular complexity index is 1070. The third-order valence-electron chi connectivity index (χ3n) is 4.66. The third kappa shape index (κ3) is 5.51. The van der Waals surface area contributed by atoms with Crippen molar-refractivity contribution >= 4 is 51.7 Å². The van der Waals surface area contributed by atoms with Crippen LogP contribution < -0.4 is 10.9 Å². The van der Waals surface area contributed by atoms with Gasteiger partial charge < -0.3 is 15.2 Å². The van der Waals surface area contributed by atoms with Crippen molar-refractivity contribution in [2.75, 3.05) is 38.2 Å². The molecule has 166 valence electrons. The number of thiocarbonyl (C=S) groups is 1. The molecule has 0 aromatic carbocycles. The molecule has 0 spiro atoms. The Balaban J connectivity index is 1.96. The van der Waals surface area contributed by atoms with Crippen LogP contribution in [-0.4, -0.2) is 62.5 Å². The number of hydrogen-bond donors (Lipinski definition) is 2. The van der Waals surface area contributed by atoms with Crippen molar-refractivity contribution in [3.63, 3.8) is 0 Å². The minimum atomic E-state index is -0.276. The highest BCUT2D eigenvalue weighted by atomic mass is 32.2. The number of aliphatic hydroxyl groups is 1. The van der Waals surface area contributed by atoms with Crippen LogP contribution in [0.4, 0.5) is 5.82 Å². The predicted octanol–water partition coefficient (Wildman–Crippen LogP) is 2.43. The van der Waals surface area contributed by atoms with Gasteiger partial charge in [-0.25, -0.2) is 4.98 Å². The summed E-state index contributed by atoms with van der Waals surface area (Å²) in [6.45, 7) is 5.94. The van der Waals surface area contributed by atoms with Gasteiger partial charge >= 0.3 is 0 Å². The lowest BCUT2D eigenvalue weighted by molar-refractivity contribution is -0.122. The smallest absolute Gasteiger partial charge is 0.267 e. The van der Waals surface area contributed by atoms with E-state index in [1.54, 1.807) is 23.2 Å². The molecule has 8 nitrogen and oxygen atoms in total. The summed E-state index contributed by atoms with van der Waals surface area (Å²) in [5.74, 6) is 0.158. The molecule has 2 aromatic heterocycles. The van der Waals surface area contributed by atoms with E-state index in [1.807, 2.05) is 19.9 Å². The first-order chi connectivity index (χ1) is 15.0. The van der Waals surface area contributed by atoms with Crippen LogP contribution in [0.15, 0.2) is 28.0 Å². The quantitative estimate of drug-likeness (QED) is 0.316. The van der Waals surface area contributed by atoms with Crippen molar-refractivity contribution in [2.24, 2.45) is 0 Å². The summed E-state index contributed by atoms with van der Waals surface area (Å²) in [7, 11) is 0. The maximum Gasteiger partial charge on any atom is 0.267 e. The largest absolute Gasteiger partial charge is 0.396 e. The molecule has 1 aliphatic heterocycles. The van der Waals surface area contributed by atoms with E-state index in [9.17, 15) is 9.59 Å². The fourth-order valence-corrected chi connectivity index (χ4v) is 4.39.